The van der Waals surface area contributed by atoms with Gasteiger partial charge in [-0.25, -0.2) is 0 Å². The van der Waals surface area contributed by atoms with E-state index >= 15 is 0 Å². The Morgan fingerprint density at radius 2 is 2.00 bits per heavy atom. The smallest absolute Gasteiger partial charge is 0.182 e. The number of hydrogen-bond donors (Lipinski definition) is 1. The number of nitrogens with one attached hydrogen (secondary N) is 1. The van der Waals surface area contributed by atoms with Gasteiger partial charge in [0, 0.05) is 5.92 Å². The molecule has 0 radical (unpaired) electrons. The van der Waals surface area contributed by atoms with E-state index in [-0.39, 0.29) is 0 Å². The summed E-state index contributed by atoms with van der Waals surface area (Å²) in [6.07, 6.45) is 2.39. The third-order valence-corrected chi connectivity index (χ3v) is 4.26. The Balaban J connectivity index is 1.96. The zero-order valence-corrected chi connectivity index (χ0v) is 13.5. The molecule has 0 unspecified atom stereocenters. The van der Waals surface area contributed by atoms with E-state index in [1.807, 2.05) is 26.0 Å². The van der Waals surface area contributed by atoms with E-state index in [1.54, 1.807) is 0 Å². The molecule has 3 rings (SSSR count). The van der Waals surface area contributed by atoms with E-state index in [4.69, 9.17) is 10.00 Å². The third kappa shape index (κ3) is 2.40. The second-order valence-electron chi connectivity index (χ2n) is 5.18. The Hall–Kier alpha value is -1.55. The van der Waals surface area contributed by atoms with E-state index in [0.717, 1.165) is 37.6 Å². The minimum absolute atomic E-state index is 0.557. The van der Waals surface area contributed by atoms with Crippen molar-refractivity contribution >= 4 is 22.6 Å². The molecule has 2 aromatic rings. The van der Waals surface area contributed by atoms with Crippen LogP contribution in [-0.4, -0.2) is 10.2 Å². The van der Waals surface area contributed by atoms with E-state index in [9.17, 15) is 0 Å². The first-order valence-electron chi connectivity index (χ1n) is 6.53. The number of rotatable bonds is 3. The number of aromatic nitrogens is 2. The average molecular weight is 379 g/mol. The van der Waals surface area contributed by atoms with Gasteiger partial charge in [0.05, 0.1) is 17.3 Å². The van der Waals surface area contributed by atoms with Crippen LogP contribution in [0, 0.1) is 28.9 Å². The lowest BCUT2D eigenvalue weighted by Crippen LogP contribution is -1.93. The van der Waals surface area contributed by atoms with Gasteiger partial charge in [-0.15, -0.1) is 0 Å². The molecule has 1 aliphatic rings. The molecule has 1 aromatic heterocycles. The lowest BCUT2D eigenvalue weighted by molar-refractivity contribution is 0.472. The monoisotopic (exact) mass is 379 g/mol. The van der Waals surface area contributed by atoms with Crippen LogP contribution in [0.15, 0.2) is 12.1 Å². The predicted octanol–water partition coefficient (Wildman–Crippen LogP) is 4.17. The molecule has 0 bridgehead atoms. The van der Waals surface area contributed by atoms with Crippen molar-refractivity contribution in [2.75, 3.05) is 0 Å². The van der Waals surface area contributed by atoms with Crippen molar-refractivity contribution < 1.29 is 4.74 Å². The highest BCUT2D eigenvalue weighted by Gasteiger charge is 2.30. The van der Waals surface area contributed by atoms with Crippen LogP contribution in [-0.2, 0) is 0 Å². The van der Waals surface area contributed by atoms with E-state index < -0.39 is 0 Å². The number of benzene rings is 1. The molecule has 4 nitrogen and oxygen atoms in total. The number of ether oxygens (including phenoxy) is 1. The molecule has 0 amide bonds. The van der Waals surface area contributed by atoms with E-state index in [0.29, 0.717) is 5.92 Å². The summed E-state index contributed by atoms with van der Waals surface area (Å²) < 4.78 is 6.88. The summed E-state index contributed by atoms with van der Waals surface area (Å²) in [5.41, 5.74) is 3.69. The van der Waals surface area contributed by atoms with Crippen LogP contribution >= 0.6 is 22.6 Å². The van der Waals surface area contributed by atoms with Crippen molar-refractivity contribution in [3.05, 3.63) is 38.2 Å². The van der Waals surface area contributed by atoms with Gasteiger partial charge in [0.1, 0.15) is 5.75 Å². The molecule has 0 saturated heterocycles. The predicted molar refractivity (Wildman–Crippen MR) is 84.0 cm³/mol. The molecule has 0 atom stereocenters. The molecule has 20 heavy (non-hydrogen) atoms. The minimum Gasteiger partial charge on any atom is -0.453 e. The molecular formula is C15H14IN3O. The molecular weight excluding hydrogens is 365 g/mol. The SMILES string of the molecule is Cc1cc(Oc2c(I)n[nH]c2C2CC2)cc(C)c1C#N. The fourth-order valence-corrected chi connectivity index (χ4v) is 2.87. The normalized spacial score (nSPS) is 14.1. The molecule has 1 aliphatic carbocycles. The standard InChI is InChI=1S/C15H14IN3O/c1-8-5-11(6-9(2)12(8)7-17)20-14-13(10-3-4-10)18-19-15(14)16/h5-6,10H,3-4H2,1-2H3,(H,18,19). The Morgan fingerprint density at radius 1 is 1.35 bits per heavy atom. The molecule has 1 aromatic carbocycles. The largest absolute Gasteiger partial charge is 0.453 e. The molecule has 102 valence electrons. The minimum atomic E-state index is 0.557. The van der Waals surface area contributed by atoms with Crippen molar-refractivity contribution in [1.29, 1.82) is 5.26 Å². The van der Waals surface area contributed by atoms with Crippen LogP contribution in [0.25, 0.3) is 0 Å². The molecule has 1 saturated carbocycles. The summed E-state index contributed by atoms with van der Waals surface area (Å²) in [5.74, 6) is 2.15. The molecule has 1 heterocycles. The Morgan fingerprint density at radius 3 is 2.55 bits per heavy atom. The Bertz CT molecular complexity index is 687. The average Bonchev–Trinajstić information content (AvgIpc) is 3.16. The van der Waals surface area contributed by atoms with Crippen molar-refractivity contribution in [2.45, 2.75) is 32.6 Å². The highest BCUT2D eigenvalue weighted by molar-refractivity contribution is 14.1. The molecule has 1 fully saturated rings. The Labute approximate surface area is 131 Å². The van der Waals surface area contributed by atoms with Gasteiger partial charge in [-0.3, -0.25) is 5.10 Å². The fourth-order valence-electron chi connectivity index (χ4n) is 2.34. The maximum Gasteiger partial charge on any atom is 0.182 e. The van der Waals surface area contributed by atoms with Crippen LogP contribution in [0.5, 0.6) is 11.5 Å². The highest BCUT2D eigenvalue weighted by Crippen LogP contribution is 2.45. The van der Waals surface area contributed by atoms with Gasteiger partial charge in [0.25, 0.3) is 0 Å². The summed E-state index contributed by atoms with van der Waals surface area (Å²) in [6, 6.07) is 6.04. The number of halogens is 1. The lowest BCUT2D eigenvalue weighted by atomic mass is 10.0. The topological polar surface area (TPSA) is 61.7 Å². The maximum absolute atomic E-state index is 9.11. The quantitative estimate of drug-likeness (QED) is 0.815. The van der Waals surface area contributed by atoms with Gasteiger partial charge in [0.15, 0.2) is 9.45 Å². The summed E-state index contributed by atoms with van der Waals surface area (Å²) >= 11 is 2.18. The molecule has 5 heteroatoms. The number of H-pyrrole nitrogens is 1. The fraction of sp³-hybridized carbons (Fsp3) is 0.333. The van der Waals surface area contributed by atoms with Gasteiger partial charge in [-0.2, -0.15) is 10.4 Å². The zero-order valence-electron chi connectivity index (χ0n) is 11.3. The number of aryl methyl sites for hydroxylation is 2. The summed E-state index contributed by atoms with van der Waals surface area (Å²) in [4.78, 5) is 0. The highest BCUT2D eigenvalue weighted by atomic mass is 127. The van der Waals surface area contributed by atoms with Crippen molar-refractivity contribution in [1.82, 2.24) is 10.2 Å². The van der Waals surface area contributed by atoms with Crippen molar-refractivity contribution in [3.8, 4) is 17.6 Å². The Kier molecular flexibility index (Phi) is 3.42. The molecule has 0 aliphatic heterocycles. The van der Waals surface area contributed by atoms with Crippen LogP contribution in [0.3, 0.4) is 0 Å². The molecule has 1 N–H and O–H groups in total. The number of aromatic amines is 1. The first-order chi connectivity index (χ1) is 9.60. The number of hydrogen-bond acceptors (Lipinski definition) is 3. The van der Waals surface area contributed by atoms with Crippen LogP contribution in [0.2, 0.25) is 0 Å². The van der Waals surface area contributed by atoms with Gasteiger partial charge >= 0.3 is 0 Å². The van der Waals surface area contributed by atoms with E-state index in [1.165, 1.54) is 12.8 Å². The lowest BCUT2D eigenvalue weighted by Gasteiger charge is -2.10. The zero-order chi connectivity index (χ0) is 14.3. The van der Waals surface area contributed by atoms with Crippen LogP contribution in [0.4, 0.5) is 0 Å². The van der Waals surface area contributed by atoms with Crippen molar-refractivity contribution in [3.63, 3.8) is 0 Å². The first kappa shape index (κ1) is 13.4. The first-order valence-corrected chi connectivity index (χ1v) is 7.61. The van der Waals surface area contributed by atoms with Crippen molar-refractivity contribution in [2.24, 2.45) is 0 Å². The van der Waals surface area contributed by atoms with Crippen LogP contribution < -0.4 is 4.74 Å². The second kappa shape index (κ2) is 5.09. The maximum atomic E-state index is 9.11. The van der Waals surface area contributed by atoms with E-state index in [2.05, 4.69) is 38.9 Å². The van der Waals surface area contributed by atoms with Gasteiger partial charge < -0.3 is 4.74 Å². The molecule has 0 spiro atoms. The van der Waals surface area contributed by atoms with Gasteiger partial charge in [-0.05, 0) is 72.5 Å². The summed E-state index contributed by atoms with van der Waals surface area (Å²) in [5, 5.41) is 16.4. The van der Waals surface area contributed by atoms with Gasteiger partial charge in [-0.1, -0.05) is 0 Å². The summed E-state index contributed by atoms with van der Waals surface area (Å²) in [6.45, 7) is 3.86. The second-order valence-corrected chi connectivity index (χ2v) is 6.20. The van der Waals surface area contributed by atoms with Crippen LogP contribution in [0.1, 0.15) is 41.1 Å². The summed E-state index contributed by atoms with van der Waals surface area (Å²) in [7, 11) is 0. The van der Waals surface area contributed by atoms with Gasteiger partial charge in [0.2, 0.25) is 0 Å². The third-order valence-electron chi connectivity index (χ3n) is 3.53. The number of nitrogens with zero attached hydrogens (tertiary/aromatic N) is 2. The number of nitriles is 1.